The molecule has 356 valence electrons. The van der Waals surface area contributed by atoms with Crippen LogP contribution in [0.15, 0.2) is 30.7 Å². The first kappa shape index (κ1) is 45.5. The van der Waals surface area contributed by atoms with Gasteiger partial charge in [0.2, 0.25) is 5.91 Å². The van der Waals surface area contributed by atoms with E-state index in [1.165, 1.54) is 38.5 Å². The van der Waals surface area contributed by atoms with Gasteiger partial charge >= 0.3 is 11.9 Å². The lowest BCUT2D eigenvalue weighted by atomic mass is 9.32. The monoisotopic (exact) mass is 892 g/mol. The highest BCUT2D eigenvalue weighted by Gasteiger charge is 2.74. The van der Waals surface area contributed by atoms with Crippen molar-refractivity contribution in [2.24, 2.45) is 79.3 Å². The minimum atomic E-state index is -0.812. The summed E-state index contributed by atoms with van der Waals surface area (Å²) in [7, 11) is 4.25. The average molecular weight is 892 g/mol. The Kier molecular flexibility index (Phi) is 10.8. The molecule has 8 fully saturated rings. The second-order valence-electron chi connectivity index (χ2n) is 25.8. The van der Waals surface area contributed by atoms with E-state index in [9.17, 15) is 14.7 Å². The number of fused-ring (bicyclic) bond motifs is 7. The molecule has 10 rings (SSSR count). The first-order valence-corrected chi connectivity index (χ1v) is 26.0. The minimum Gasteiger partial charge on any atom is -0.481 e. The van der Waals surface area contributed by atoms with Crippen LogP contribution in [0.3, 0.4) is 0 Å². The van der Waals surface area contributed by atoms with E-state index in [2.05, 4.69) is 87.3 Å². The number of aromatic nitrogens is 3. The van der Waals surface area contributed by atoms with Crippen LogP contribution in [0.4, 0.5) is 0 Å². The molecule has 65 heavy (non-hydrogen) atoms. The number of likely N-dealkylation sites (N-methyl/N-ethyl adjacent to an activating group) is 1. The molecular formula is C55H81N5O5. The number of aliphatic carboxylic acids is 1. The second-order valence-corrected chi connectivity index (χ2v) is 25.8. The Morgan fingerprint density at radius 3 is 2.26 bits per heavy atom. The number of ether oxygens (including phenoxy) is 1. The van der Waals surface area contributed by atoms with E-state index in [1.807, 2.05) is 32.3 Å². The lowest BCUT2D eigenvalue weighted by Crippen LogP contribution is -2.67. The topological polar surface area (TPSA) is 118 Å². The largest absolute Gasteiger partial charge is 0.481 e. The van der Waals surface area contributed by atoms with Gasteiger partial charge in [0, 0.05) is 49.2 Å². The smallest absolute Gasteiger partial charge is 0.309 e. The molecule has 1 saturated heterocycles. The van der Waals surface area contributed by atoms with Gasteiger partial charge in [0.25, 0.3) is 0 Å². The number of hydrogen-bond donors (Lipinski definition) is 1. The number of rotatable bonds is 10. The number of carbonyl (C=O) groups excluding carboxylic acids is 2. The molecule has 0 radical (unpaired) electrons. The van der Waals surface area contributed by atoms with Crippen molar-refractivity contribution in [3.63, 3.8) is 0 Å². The van der Waals surface area contributed by atoms with Crippen LogP contribution in [-0.4, -0.2) is 80.6 Å². The first-order valence-electron chi connectivity index (χ1n) is 26.0. The second kappa shape index (κ2) is 15.4. The van der Waals surface area contributed by atoms with Gasteiger partial charge in [-0.3, -0.25) is 19.4 Å². The molecule has 0 bridgehead atoms. The van der Waals surface area contributed by atoms with Crippen LogP contribution in [0, 0.1) is 79.3 Å². The Balaban J connectivity index is 0.928. The molecule has 0 unspecified atom stereocenters. The maximum absolute atomic E-state index is 16.0. The molecule has 3 heterocycles. The number of pyridine rings is 1. The summed E-state index contributed by atoms with van der Waals surface area (Å²) < 4.78 is 8.86. The Hall–Kier alpha value is -3.27. The molecule has 0 spiro atoms. The van der Waals surface area contributed by atoms with Gasteiger partial charge in [-0.2, -0.15) is 0 Å². The van der Waals surface area contributed by atoms with Crippen LogP contribution < -0.4 is 0 Å². The highest BCUT2D eigenvalue weighted by molar-refractivity contribution is 5.85. The van der Waals surface area contributed by atoms with Crippen LogP contribution in [0.5, 0.6) is 0 Å². The van der Waals surface area contributed by atoms with Gasteiger partial charge in [0.05, 0.1) is 29.0 Å². The molecule has 1 aliphatic heterocycles. The van der Waals surface area contributed by atoms with Crippen molar-refractivity contribution in [1.82, 2.24) is 24.3 Å². The van der Waals surface area contributed by atoms with E-state index in [0.29, 0.717) is 47.3 Å². The van der Waals surface area contributed by atoms with Crippen LogP contribution in [0.1, 0.15) is 164 Å². The number of amides is 1. The predicted octanol–water partition coefficient (Wildman–Crippen LogP) is 10.7. The summed E-state index contributed by atoms with van der Waals surface area (Å²) in [5.41, 5.74) is 1.65. The van der Waals surface area contributed by atoms with Crippen LogP contribution in [0.25, 0.3) is 11.3 Å². The van der Waals surface area contributed by atoms with Crippen molar-refractivity contribution in [3.05, 3.63) is 36.5 Å². The van der Waals surface area contributed by atoms with E-state index < -0.39 is 17.3 Å². The molecule has 0 aromatic carbocycles. The fraction of sp³-hybridized carbons (Fsp3) is 0.800. The summed E-state index contributed by atoms with van der Waals surface area (Å²) >= 11 is 0. The van der Waals surface area contributed by atoms with Crippen LogP contribution >= 0.6 is 0 Å². The van der Waals surface area contributed by atoms with Gasteiger partial charge < -0.3 is 24.2 Å². The minimum absolute atomic E-state index is 0.0166. The zero-order valence-corrected chi connectivity index (χ0v) is 41.6. The van der Waals surface area contributed by atoms with Crippen molar-refractivity contribution >= 4 is 17.8 Å². The molecule has 10 heteroatoms. The number of imidazole rings is 1. The maximum Gasteiger partial charge on any atom is 0.309 e. The predicted molar refractivity (Wildman–Crippen MR) is 252 cm³/mol. The van der Waals surface area contributed by atoms with E-state index in [-0.39, 0.29) is 51.1 Å². The van der Waals surface area contributed by atoms with Gasteiger partial charge in [-0.1, -0.05) is 55.4 Å². The van der Waals surface area contributed by atoms with Crippen molar-refractivity contribution in [2.45, 2.75) is 170 Å². The number of hydrogen-bond acceptors (Lipinski definition) is 7. The van der Waals surface area contributed by atoms with Crippen molar-refractivity contribution in [2.75, 3.05) is 27.2 Å². The lowest BCUT2D eigenvalue weighted by Gasteiger charge is -2.73. The third-order valence-corrected chi connectivity index (χ3v) is 22.2. The number of nitrogens with zero attached hydrogens (tertiary/aromatic N) is 5. The number of likely N-dealkylation sites (tertiary alicyclic amines) is 1. The fourth-order valence-corrected chi connectivity index (χ4v) is 17.9. The lowest BCUT2D eigenvalue weighted by molar-refractivity contribution is -0.253. The summed E-state index contributed by atoms with van der Waals surface area (Å²) in [6, 6.07) is 4.06. The summed E-state index contributed by atoms with van der Waals surface area (Å²) in [6.45, 7) is 21.7. The van der Waals surface area contributed by atoms with E-state index >= 15 is 4.79 Å². The number of esters is 1. The summed E-state index contributed by atoms with van der Waals surface area (Å²) in [5.74, 6) is 2.17. The third-order valence-electron chi connectivity index (χ3n) is 22.2. The molecule has 1 N–H and O–H groups in total. The quantitative estimate of drug-likeness (QED) is 0.234. The average Bonchev–Trinajstić information content (AvgIpc) is 3.59. The highest BCUT2D eigenvalue weighted by Crippen LogP contribution is 2.79. The van der Waals surface area contributed by atoms with Crippen molar-refractivity contribution < 1.29 is 24.2 Å². The Morgan fingerprint density at radius 2 is 1.58 bits per heavy atom. The molecule has 7 saturated carbocycles. The maximum atomic E-state index is 16.0. The summed E-state index contributed by atoms with van der Waals surface area (Å²) in [5, 5.41) is 9.76. The SMILES string of the molecule is CN(C)CCn1cc(-c2cccnc2)nc1[C@@H]1CCCN1C(=O)[C@]12CC[C@@H](C3(C)CC3)[C@@H]1[C@H]1CC[C@@H]3[C@@]4(C)CC[C@H](OC(=O)[C@H]5C[C@@H](C(=O)O)C5(C)C)C(C)(C)[C@@H]4CC[C@@]3(C)[C@]1(C)CC2. The fourth-order valence-electron chi connectivity index (χ4n) is 17.9. The molecule has 2 aromatic rings. The molecule has 1 amide bonds. The Bertz CT molecular complexity index is 2200. The van der Waals surface area contributed by atoms with E-state index in [0.717, 1.165) is 88.1 Å². The number of carboxylic acid groups (broad SMARTS) is 1. The van der Waals surface area contributed by atoms with E-state index in [4.69, 9.17) is 9.72 Å². The van der Waals surface area contributed by atoms with Gasteiger partial charge in [0.15, 0.2) is 0 Å². The summed E-state index contributed by atoms with van der Waals surface area (Å²) in [6.07, 6.45) is 21.7. The number of carbonyl (C=O) groups is 3. The van der Waals surface area contributed by atoms with Gasteiger partial charge in [-0.15, -0.1) is 0 Å². The van der Waals surface area contributed by atoms with Crippen LogP contribution in [-0.2, 0) is 25.7 Å². The normalized spacial score (nSPS) is 42.0. The Morgan fingerprint density at radius 1 is 0.815 bits per heavy atom. The van der Waals surface area contributed by atoms with Crippen molar-refractivity contribution in [1.29, 1.82) is 0 Å². The van der Waals surface area contributed by atoms with Gasteiger partial charge in [-0.25, -0.2) is 4.98 Å². The molecule has 10 nitrogen and oxygen atoms in total. The number of carboxylic acids is 1. The first-order chi connectivity index (χ1) is 30.6. The third kappa shape index (κ3) is 6.63. The molecule has 7 aliphatic carbocycles. The molecular weight excluding hydrogens is 811 g/mol. The molecule has 8 aliphatic rings. The van der Waals surface area contributed by atoms with Crippen LogP contribution in [0.2, 0.25) is 0 Å². The van der Waals surface area contributed by atoms with Gasteiger partial charge in [0.1, 0.15) is 11.9 Å². The zero-order chi connectivity index (χ0) is 46.3. The summed E-state index contributed by atoms with van der Waals surface area (Å²) in [4.78, 5) is 56.1. The highest BCUT2D eigenvalue weighted by atomic mass is 16.5. The molecule has 13 atom stereocenters. The van der Waals surface area contributed by atoms with Crippen molar-refractivity contribution in [3.8, 4) is 11.3 Å². The zero-order valence-electron chi connectivity index (χ0n) is 41.6. The standard InChI is InChI=1S/C55H81N5O5/c1-49(2)37(46(61)62)31-38(49)47(63)65-43-19-20-52(6)41(50(43,3)4)18-21-54(8)42(52)16-15-36-44-35(51(5)23-24-51)17-22-55(44,26-25-53(36,54)7)48(64)60-28-12-14-40(60)45-57-39(34-13-11-27-56-32-34)33-59(45)30-29-58(9)10/h11,13,27,32-33,35-38,40-44H,12,14-26,28-31H2,1-10H3,(H,61,62)/t35-,36-,37+,38-,40+,41+,42-,43+,44-,52+,53-,54-,55+/m1/s1. The Labute approximate surface area is 389 Å². The van der Waals surface area contributed by atoms with E-state index in [1.54, 1.807) is 0 Å². The molecule has 2 aromatic heterocycles. The van der Waals surface area contributed by atoms with Gasteiger partial charge in [-0.05, 0) is 179 Å².